The first-order valence-electron chi connectivity index (χ1n) is 5.61. The van der Waals surface area contributed by atoms with Crippen molar-refractivity contribution >= 4 is 5.78 Å². The van der Waals surface area contributed by atoms with Gasteiger partial charge >= 0.3 is 0 Å². The second kappa shape index (κ2) is 5.00. The Hall–Kier alpha value is -2.16. The Balaban J connectivity index is 2.23. The summed E-state index contributed by atoms with van der Waals surface area (Å²) < 4.78 is 18.9. The van der Waals surface area contributed by atoms with E-state index in [-0.39, 0.29) is 11.5 Å². The molecule has 0 amide bonds. The van der Waals surface area contributed by atoms with E-state index in [9.17, 15) is 9.18 Å². The van der Waals surface area contributed by atoms with Crippen LogP contribution in [0.15, 0.2) is 42.5 Å². The molecule has 0 spiro atoms. The number of aryl methyl sites for hydroxylation is 1. The van der Waals surface area contributed by atoms with E-state index in [0.717, 1.165) is 5.56 Å². The highest BCUT2D eigenvalue weighted by atomic mass is 19.1. The molecule has 2 nitrogen and oxygen atoms in total. The Bertz CT molecular complexity index is 574. The predicted molar refractivity (Wildman–Crippen MR) is 67.7 cm³/mol. The van der Waals surface area contributed by atoms with Gasteiger partial charge in [-0.15, -0.1) is 0 Å². The van der Waals surface area contributed by atoms with Crippen LogP contribution in [0.4, 0.5) is 4.39 Å². The second-order valence-corrected chi connectivity index (χ2v) is 4.12. The van der Waals surface area contributed by atoms with Crippen molar-refractivity contribution < 1.29 is 13.9 Å². The van der Waals surface area contributed by atoms with E-state index >= 15 is 0 Å². The van der Waals surface area contributed by atoms with Crippen molar-refractivity contribution in [2.24, 2.45) is 0 Å². The number of Topliss-reactive ketones (excluding diaryl/α,β-unsaturated/α-hetero) is 1. The van der Waals surface area contributed by atoms with E-state index in [0.29, 0.717) is 11.3 Å². The molecule has 3 heteroatoms. The van der Waals surface area contributed by atoms with Crippen molar-refractivity contribution in [3.8, 4) is 11.5 Å². The lowest BCUT2D eigenvalue weighted by molar-refractivity contribution is 0.101. The van der Waals surface area contributed by atoms with Crippen LogP contribution in [-0.4, -0.2) is 5.78 Å². The van der Waals surface area contributed by atoms with E-state index < -0.39 is 5.82 Å². The van der Waals surface area contributed by atoms with Crippen LogP contribution < -0.4 is 4.74 Å². The van der Waals surface area contributed by atoms with Gasteiger partial charge in [0.2, 0.25) is 0 Å². The Labute approximate surface area is 105 Å². The molecule has 0 aromatic heterocycles. The minimum Gasteiger partial charge on any atom is -0.454 e. The Kier molecular flexibility index (Phi) is 3.42. The van der Waals surface area contributed by atoms with Crippen LogP contribution in [0.2, 0.25) is 0 Å². The maximum atomic E-state index is 13.5. The van der Waals surface area contributed by atoms with Gasteiger partial charge in [0.05, 0.1) is 0 Å². The standard InChI is InChI=1S/C15H13FO2/c1-10-3-8-14(16)15(9-10)18-13-6-4-12(5-7-13)11(2)17/h3-9H,1-2H3. The van der Waals surface area contributed by atoms with Gasteiger partial charge in [-0.05, 0) is 55.8 Å². The Morgan fingerprint density at radius 3 is 2.39 bits per heavy atom. The fraction of sp³-hybridized carbons (Fsp3) is 0.133. The van der Waals surface area contributed by atoms with Gasteiger partial charge in [-0.2, -0.15) is 0 Å². The molecule has 2 rings (SSSR count). The molecule has 0 aliphatic heterocycles. The van der Waals surface area contributed by atoms with Gasteiger partial charge in [0.25, 0.3) is 0 Å². The van der Waals surface area contributed by atoms with E-state index in [1.165, 1.54) is 13.0 Å². The molecule has 0 saturated heterocycles. The topological polar surface area (TPSA) is 26.3 Å². The largest absolute Gasteiger partial charge is 0.454 e. The molecule has 0 atom stereocenters. The SMILES string of the molecule is CC(=O)c1ccc(Oc2cc(C)ccc2F)cc1. The average Bonchev–Trinajstić information content (AvgIpc) is 2.34. The van der Waals surface area contributed by atoms with Gasteiger partial charge in [-0.3, -0.25) is 4.79 Å². The molecule has 2 aromatic rings. The Morgan fingerprint density at radius 2 is 1.78 bits per heavy atom. The molecule has 2 aromatic carbocycles. The van der Waals surface area contributed by atoms with Crippen LogP contribution in [0.5, 0.6) is 11.5 Å². The number of ketones is 1. The van der Waals surface area contributed by atoms with Gasteiger partial charge < -0.3 is 4.74 Å². The van der Waals surface area contributed by atoms with Crippen molar-refractivity contribution in [3.05, 3.63) is 59.4 Å². The van der Waals surface area contributed by atoms with Gasteiger partial charge in [-0.25, -0.2) is 4.39 Å². The van der Waals surface area contributed by atoms with Gasteiger partial charge in [0.1, 0.15) is 5.75 Å². The lowest BCUT2D eigenvalue weighted by Crippen LogP contribution is -1.92. The van der Waals surface area contributed by atoms with Crippen LogP contribution in [0.3, 0.4) is 0 Å². The third kappa shape index (κ3) is 2.74. The third-order valence-corrected chi connectivity index (χ3v) is 2.58. The summed E-state index contributed by atoms with van der Waals surface area (Å²) in [5, 5.41) is 0. The fourth-order valence-electron chi connectivity index (χ4n) is 1.57. The minimum absolute atomic E-state index is 0.0108. The van der Waals surface area contributed by atoms with Crippen LogP contribution in [-0.2, 0) is 0 Å². The molecule has 92 valence electrons. The normalized spacial score (nSPS) is 10.2. The predicted octanol–water partition coefficient (Wildman–Crippen LogP) is 4.13. The Morgan fingerprint density at radius 1 is 1.11 bits per heavy atom. The number of carbonyl (C=O) groups is 1. The summed E-state index contributed by atoms with van der Waals surface area (Å²) >= 11 is 0. The zero-order chi connectivity index (χ0) is 13.1. The summed E-state index contributed by atoms with van der Waals surface area (Å²) in [7, 11) is 0. The molecular formula is C15H13FO2. The number of hydrogen-bond acceptors (Lipinski definition) is 2. The van der Waals surface area contributed by atoms with Crippen molar-refractivity contribution in [1.82, 2.24) is 0 Å². The molecular weight excluding hydrogens is 231 g/mol. The summed E-state index contributed by atoms with van der Waals surface area (Å²) in [6, 6.07) is 11.3. The molecule has 0 N–H and O–H groups in total. The highest BCUT2D eigenvalue weighted by molar-refractivity contribution is 5.94. The highest BCUT2D eigenvalue weighted by Gasteiger charge is 2.05. The van der Waals surface area contributed by atoms with Crippen LogP contribution >= 0.6 is 0 Å². The van der Waals surface area contributed by atoms with Crippen molar-refractivity contribution in [2.75, 3.05) is 0 Å². The lowest BCUT2D eigenvalue weighted by atomic mass is 10.1. The summed E-state index contributed by atoms with van der Waals surface area (Å²) in [6.07, 6.45) is 0. The van der Waals surface area contributed by atoms with E-state index in [2.05, 4.69) is 0 Å². The minimum atomic E-state index is -0.406. The summed E-state index contributed by atoms with van der Waals surface area (Å²) in [5.74, 6) is 0.273. The molecule has 18 heavy (non-hydrogen) atoms. The van der Waals surface area contributed by atoms with Gasteiger partial charge in [0.15, 0.2) is 17.3 Å². The van der Waals surface area contributed by atoms with Crippen LogP contribution in [0.1, 0.15) is 22.8 Å². The van der Waals surface area contributed by atoms with Gasteiger partial charge in [0, 0.05) is 5.56 Å². The smallest absolute Gasteiger partial charge is 0.165 e. The number of carbonyl (C=O) groups excluding carboxylic acids is 1. The quantitative estimate of drug-likeness (QED) is 0.759. The zero-order valence-corrected chi connectivity index (χ0v) is 10.2. The molecule has 0 heterocycles. The molecule has 0 aliphatic rings. The van der Waals surface area contributed by atoms with Gasteiger partial charge in [-0.1, -0.05) is 6.07 Å². The molecule has 0 radical (unpaired) electrons. The third-order valence-electron chi connectivity index (χ3n) is 2.58. The van der Waals surface area contributed by atoms with Crippen LogP contribution in [0.25, 0.3) is 0 Å². The first-order valence-corrected chi connectivity index (χ1v) is 5.61. The highest BCUT2D eigenvalue weighted by Crippen LogP contribution is 2.25. The maximum absolute atomic E-state index is 13.5. The fourth-order valence-corrected chi connectivity index (χ4v) is 1.57. The summed E-state index contributed by atoms with van der Waals surface area (Å²) in [5.41, 5.74) is 1.53. The zero-order valence-electron chi connectivity index (χ0n) is 10.2. The molecule has 0 bridgehead atoms. The second-order valence-electron chi connectivity index (χ2n) is 4.12. The van der Waals surface area contributed by atoms with E-state index in [4.69, 9.17) is 4.74 Å². The average molecular weight is 244 g/mol. The number of rotatable bonds is 3. The van der Waals surface area contributed by atoms with Crippen molar-refractivity contribution in [1.29, 1.82) is 0 Å². The molecule has 0 saturated carbocycles. The number of ether oxygens (including phenoxy) is 1. The first kappa shape index (κ1) is 12.3. The summed E-state index contributed by atoms with van der Waals surface area (Å²) in [6.45, 7) is 3.36. The van der Waals surface area contributed by atoms with Crippen molar-refractivity contribution in [3.63, 3.8) is 0 Å². The summed E-state index contributed by atoms with van der Waals surface area (Å²) in [4.78, 5) is 11.1. The monoisotopic (exact) mass is 244 g/mol. The van der Waals surface area contributed by atoms with E-state index in [1.54, 1.807) is 36.4 Å². The molecule has 0 fully saturated rings. The van der Waals surface area contributed by atoms with Crippen molar-refractivity contribution in [2.45, 2.75) is 13.8 Å². The molecule has 0 unspecified atom stereocenters. The number of hydrogen-bond donors (Lipinski definition) is 0. The number of halogens is 1. The first-order chi connectivity index (χ1) is 8.56. The lowest BCUT2D eigenvalue weighted by Gasteiger charge is -2.07. The number of benzene rings is 2. The van der Waals surface area contributed by atoms with Crippen LogP contribution in [0, 0.1) is 12.7 Å². The molecule has 0 aliphatic carbocycles. The maximum Gasteiger partial charge on any atom is 0.165 e. The van der Waals surface area contributed by atoms with E-state index in [1.807, 2.05) is 6.92 Å².